The number of aromatic nitrogens is 1. The molecule has 2 saturated heterocycles. The topological polar surface area (TPSA) is 109 Å². The third-order valence-corrected chi connectivity index (χ3v) is 10.8. The summed E-state index contributed by atoms with van der Waals surface area (Å²) in [4.78, 5) is 18.0. The highest BCUT2D eigenvalue weighted by atomic mass is 32.2. The van der Waals surface area contributed by atoms with Crippen LogP contribution in [0, 0.1) is 0 Å². The van der Waals surface area contributed by atoms with E-state index in [-0.39, 0.29) is 11.7 Å². The summed E-state index contributed by atoms with van der Waals surface area (Å²) in [5.41, 5.74) is 11.2. The third-order valence-electron chi connectivity index (χ3n) is 8.84. The second-order valence-electron chi connectivity index (χ2n) is 11.7. The molecule has 8 nitrogen and oxygen atoms in total. The average molecular weight is 601 g/mol. The molecule has 6 rings (SSSR count). The number of piperidine rings is 2. The number of carbonyl (C=O) groups excluding carboxylic acids is 1. The van der Waals surface area contributed by atoms with Crippen LogP contribution in [0.3, 0.4) is 0 Å². The molecule has 43 heavy (non-hydrogen) atoms. The first-order valence-corrected chi connectivity index (χ1v) is 17.0. The van der Waals surface area contributed by atoms with Gasteiger partial charge in [-0.25, -0.2) is 12.7 Å². The summed E-state index contributed by atoms with van der Waals surface area (Å²) in [6.07, 6.45) is 7.55. The van der Waals surface area contributed by atoms with Crippen molar-refractivity contribution in [1.29, 1.82) is 0 Å². The fourth-order valence-electron chi connectivity index (χ4n) is 6.51. The first-order valence-electron chi connectivity index (χ1n) is 15.3. The van der Waals surface area contributed by atoms with E-state index in [9.17, 15) is 13.2 Å². The zero-order chi connectivity index (χ0) is 29.8. The van der Waals surface area contributed by atoms with Gasteiger partial charge in [-0.15, -0.1) is 0 Å². The number of hydrogen-bond donors (Lipinski definition) is 2. The normalized spacial score (nSPS) is 16.9. The number of nitrogens with one attached hydrogen (secondary N) is 1. The van der Waals surface area contributed by atoms with E-state index in [0.717, 1.165) is 46.4 Å². The summed E-state index contributed by atoms with van der Waals surface area (Å²) in [5, 5.41) is 0.970. The maximum Gasteiger partial charge on any atom is 0.250 e. The van der Waals surface area contributed by atoms with Crippen LogP contribution in [0.1, 0.15) is 60.4 Å². The summed E-state index contributed by atoms with van der Waals surface area (Å²) < 4.78 is 34.0. The van der Waals surface area contributed by atoms with Crippen LogP contribution in [0.2, 0.25) is 0 Å². The van der Waals surface area contributed by atoms with Crippen LogP contribution in [0.4, 0.5) is 5.69 Å². The highest BCUT2D eigenvalue weighted by molar-refractivity contribution is 7.89. The Kier molecular flexibility index (Phi) is 8.72. The number of carbonyl (C=O) groups is 1. The Morgan fingerprint density at radius 2 is 1.67 bits per heavy atom. The van der Waals surface area contributed by atoms with Gasteiger partial charge in [0, 0.05) is 49.5 Å². The van der Waals surface area contributed by atoms with Crippen LogP contribution in [0.15, 0.2) is 72.9 Å². The number of benzene rings is 3. The Balaban J connectivity index is 1.06. The van der Waals surface area contributed by atoms with E-state index in [1.54, 1.807) is 4.31 Å². The molecule has 1 amide bonds. The number of hydrogen-bond acceptors (Lipinski definition) is 5. The fraction of sp³-hybridized carbons (Fsp3) is 0.382. The molecule has 3 aromatic carbocycles. The predicted octanol–water partition coefficient (Wildman–Crippen LogP) is 5.90. The molecule has 3 heterocycles. The minimum atomic E-state index is -3.38. The van der Waals surface area contributed by atoms with Crippen LogP contribution < -0.4 is 15.4 Å². The number of anilines is 1. The highest BCUT2D eigenvalue weighted by Gasteiger charge is 2.30. The van der Waals surface area contributed by atoms with Crippen molar-refractivity contribution in [2.75, 3.05) is 43.4 Å². The van der Waals surface area contributed by atoms with Crippen LogP contribution >= 0.6 is 0 Å². The van der Waals surface area contributed by atoms with Crippen molar-refractivity contribution in [3.63, 3.8) is 0 Å². The summed E-state index contributed by atoms with van der Waals surface area (Å²) in [5.74, 6) is 0.562. The van der Waals surface area contributed by atoms with E-state index in [4.69, 9.17) is 10.5 Å². The van der Waals surface area contributed by atoms with E-state index >= 15 is 0 Å². The van der Waals surface area contributed by atoms with Crippen LogP contribution in [-0.4, -0.2) is 62.2 Å². The molecule has 9 heteroatoms. The van der Waals surface area contributed by atoms with Gasteiger partial charge in [-0.3, -0.25) is 4.79 Å². The number of ether oxygens (including phenoxy) is 1. The minimum absolute atomic E-state index is 0.0684. The lowest BCUT2D eigenvalue weighted by molar-refractivity contribution is 0.100. The fourth-order valence-corrected chi connectivity index (χ4v) is 8.02. The van der Waals surface area contributed by atoms with Gasteiger partial charge in [0.2, 0.25) is 10.0 Å². The quantitative estimate of drug-likeness (QED) is 0.220. The van der Waals surface area contributed by atoms with Crippen molar-refractivity contribution in [3.05, 3.63) is 84.1 Å². The SMILES string of the molecule is NC(=O)c1cc(-c2ccccc2)cc2c(C3CCN(S(=O)(=O)CCCOc4cccc(N5CCCCC5)c4)CC3)c[nH]c12. The van der Waals surface area contributed by atoms with E-state index in [1.807, 2.05) is 54.7 Å². The maximum atomic E-state index is 13.2. The van der Waals surface area contributed by atoms with Gasteiger partial charge in [0.15, 0.2) is 0 Å². The molecule has 0 unspecified atom stereocenters. The molecule has 0 radical (unpaired) electrons. The zero-order valence-corrected chi connectivity index (χ0v) is 25.3. The summed E-state index contributed by atoms with van der Waals surface area (Å²) >= 11 is 0. The molecule has 0 saturated carbocycles. The molecular weight excluding hydrogens is 560 g/mol. The van der Waals surface area contributed by atoms with Gasteiger partial charge in [0.05, 0.1) is 23.4 Å². The van der Waals surface area contributed by atoms with Crippen molar-refractivity contribution in [2.24, 2.45) is 5.73 Å². The highest BCUT2D eigenvalue weighted by Crippen LogP contribution is 2.37. The van der Waals surface area contributed by atoms with E-state index in [1.165, 1.54) is 24.9 Å². The number of nitrogens with zero attached hydrogens (tertiary/aromatic N) is 2. The molecule has 3 N–H and O–H groups in total. The third kappa shape index (κ3) is 6.58. The van der Waals surface area contributed by atoms with E-state index in [0.29, 0.717) is 44.5 Å². The summed E-state index contributed by atoms with van der Waals surface area (Å²) in [7, 11) is -3.38. The van der Waals surface area contributed by atoms with E-state index < -0.39 is 15.9 Å². The number of sulfonamides is 1. The zero-order valence-electron chi connectivity index (χ0n) is 24.5. The molecule has 2 aliphatic heterocycles. The smallest absolute Gasteiger partial charge is 0.250 e. The van der Waals surface area contributed by atoms with Crippen molar-refractivity contribution in [3.8, 4) is 16.9 Å². The summed E-state index contributed by atoms with van der Waals surface area (Å²) in [6.45, 7) is 3.45. The van der Waals surface area contributed by atoms with Gasteiger partial charge < -0.3 is 20.4 Å². The molecule has 226 valence electrons. The molecule has 2 aliphatic rings. The Bertz CT molecular complexity index is 1670. The number of aromatic amines is 1. The van der Waals surface area contributed by atoms with Gasteiger partial charge in [-0.05, 0) is 85.4 Å². The van der Waals surface area contributed by atoms with Crippen LogP contribution in [0.5, 0.6) is 5.75 Å². The lowest BCUT2D eigenvalue weighted by atomic mass is 9.88. The van der Waals surface area contributed by atoms with Crippen molar-refractivity contribution < 1.29 is 17.9 Å². The number of nitrogens with two attached hydrogens (primary N) is 1. The predicted molar refractivity (Wildman–Crippen MR) is 172 cm³/mol. The van der Waals surface area contributed by atoms with Gasteiger partial charge in [0.25, 0.3) is 5.91 Å². The van der Waals surface area contributed by atoms with Crippen LogP contribution in [-0.2, 0) is 10.0 Å². The second-order valence-corrected chi connectivity index (χ2v) is 13.7. The molecule has 4 aromatic rings. The van der Waals surface area contributed by atoms with Crippen molar-refractivity contribution in [2.45, 2.75) is 44.4 Å². The Morgan fingerprint density at radius 3 is 2.42 bits per heavy atom. The Hall–Kier alpha value is -3.82. The summed E-state index contributed by atoms with van der Waals surface area (Å²) in [6, 6.07) is 22.0. The molecule has 2 fully saturated rings. The van der Waals surface area contributed by atoms with E-state index in [2.05, 4.69) is 28.1 Å². The van der Waals surface area contributed by atoms with Gasteiger partial charge in [-0.2, -0.15) is 0 Å². The monoisotopic (exact) mass is 600 g/mol. The molecule has 0 bridgehead atoms. The molecular formula is C34H40N4O4S. The Labute approximate surface area is 253 Å². The van der Waals surface area contributed by atoms with Gasteiger partial charge >= 0.3 is 0 Å². The van der Waals surface area contributed by atoms with Crippen LogP contribution in [0.25, 0.3) is 22.0 Å². The van der Waals surface area contributed by atoms with Gasteiger partial charge in [0.1, 0.15) is 5.75 Å². The number of fused-ring (bicyclic) bond motifs is 1. The minimum Gasteiger partial charge on any atom is -0.493 e. The molecule has 1 aromatic heterocycles. The molecule has 0 aliphatic carbocycles. The number of rotatable bonds is 10. The molecule has 0 atom stereocenters. The van der Waals surface area contributed by atoms with Gasteiger partial charge in [-0.1, -0.05) is 36.4 Å². The molecule has 0 spiro atoms. The first-order chi connectivity index (χ1) is 20.9. The lowest BCUT2D eigenvalue weighted by Gasteiger charge is -2.31. The largest absolute Gasteiger partial charge is 0.493 e. The average Bonchev–Trinajstić information content (AvgIpc) is 3.48. The number of amides is 1. The number of primary amides is 1. The Morgan fingerprint density at radius 1 is 0.907 bits per heavy atom. The maximum absolute atomic E-state index is 13.2. The second kappa shape index (κ2) is 12.8. The number of H-pyrrole nitrogens is 1. The van der Waals surface area contributed by atoms with Crippen molar-refractivity contribution in [1.82, 2.24) is 9.29 Å². The van der Waals surface area contributed by atoms with Crippen molar-refractivity contribution >= 4 is 32.5 Å². The first kappa shape index (κ1) is 29.3. The lowest BCUT2D eigenvalue weighted by Crippen LogP contribution is -2.39. The standard InChI is InChI=1S/C34H40N4O4S/c35-34(39)31-22-27(25-9-3-1-4-10-25)21-30-32(24-36-33(30)31)26-13-17-38(18-14-26)43(40,41)20-8-19-42-29-12-7-11-28(23-29)37-15-5-2-6-16-37/h1,3-4,7,9-12,21-24,26,36H,2,5-6,8,13-20H2,(H2,35,39).